The molecule has 1 aliphatic heterocycles. The van der Waals surface area contributed by atoms with Crippen molar-refractivity contribution in [3.8, 4) is 5.75 Å². The van der Waals surface area contributed by atoms with Gasteiger partial charge in [0.2, 0.25) is 5.91 Å². The summed E-state index contributed by atoms with van der Waals surface area (Å²) in [6, 6.07) is 5.24. The highest BCUT2D eigenvalue weighted by Crippen LogP contribution is 2.33. The lowest BCUT2D eigenvalue weighted by molar-refractivity contribution is -0.124. The molecule has 0 aliphatic carbocycles. The molecule has 1 fully saturated rings. The summed E-state index contributed by atoms with van der Waals surface area (Å²) in [4.78, 5) is 18.4. The minimum atomic E-state index is -0.387. The van der Waals surface area contributed by atoms with Gasteiger partial charge in [-0.3, -0.25) is 4.79 Å². The Kier molecular flexibility index (Phi) is 4.89. The van der Waals surface area contributed by atoms with E-state index in [-0.39, 0.29) is 18.0 Å². The molecular weight excluding hydrogens is 330 g/mol. The lowest BCUT2D eigenvalue weighted by Crippen LogP contribution is -2.40. The van der Waals surface area contributed by atoms with Gasteiger partial charge in [0.15, 0.2) is 0 Å². The molecule has 2 aromatic rings. The summed E-state index contributed by atoms with van der Waals surface area (Å²) in [5.74, 6) is 0.716. The van der Waals surface area contributed by atoms with E-state index in [2.05, 4.69) is 20.3 Å². The van der Waals surface area contributed by atoms with Crippen molar-refractivity contribution in [1.82, 2.24) is 20.1 Å². The third-order valence-corrected chi connectivity index (χ3v) is 4.46. The highest BCUT2D eigenvalue weighted by molar-refractivity contribution is 6.30. The van der Waals surface area contributed by atoms with Crippen molar-refractivity contribution in [2.75, 3.05) is 25.1 Å². The molecule has 1 aromatic heterocycles. The molecule has 3 rings (SSSR count). The van der Waals surface area contributed by atoms with E-state index in [4.69, 9.17) is 16.3 Å². The first kappa shape index (κ1) is 16.6. The first-order valence-corrected chi connectivity index (χ1v) is 8.19. The number of carbonyl (C=O) groups is 1. The molecule has 1 N–H and O–H groups in total. The lowest BCUT2D eigenvalue weighted by Gasteiger charge is -2.22. The van der Waals surface area contributed by atoms with Crippen LogP contribution in [-0.2, 0) is 4.79 Å². The van der Waals surface area contributed by atoms with Crippen molar-refractivity contribution in [3.63, 3.8) is 0 Å². The van der Waals surface area contributed by atoms with Crippen molar-refractivity contribution >= 4 is 23.2 Å². The Morgan fingerprint density at radius 3 is 3.04 bits per heavy atom. The molecule has 2 atom stereocenters. The van der Waals surface area contributed by atoms with E-state index in [0.29, 0.717) is 11.6 Å². The number of hydrogen-bond acceptors (Lipinski definition) is 5. The number of methoxy groups -OCH3 is 1. The van der Waals surface area contributed by atoms with E-state index in [1.54, 1.807) is 31.1 Å². The smallest absolute Gasteiger partial charge is 0.244 e. The number of aromatic nitrogens is 3. The fourth-order valence-corrected chi connectivity index (χ4v) is 3.03. The van der Waals surface area contributed by atoms with Crippen LogP contribution in [-0.4, -0.2) is 46.9 Å². The second-order valence-corrected chi connectivity index (χ2v) is 6.24. The number of nitrogens with one attached hydrogen (secondary N) is 1. The zero-order valence-electron chi connectivity index (χ0n) is 13.6. The van der Waals surface area contributed by atoms with Gasteiger partial charge in [0.1, 0.15) is 24.4 Å². The summed E-state index contributed by atoms with van der Waals surface area (Å²) in [6.45, 7) is 3.35. The molecule has 1 amide bonds. The molecule has 1 aliphatic rings. The largest absolute Gasteiger partial charge is 0.495 e. The minimum absolute atomic E-state index is 0.0644. The van der Waals surface area contributed by atoms with Crippen LogP contribution in [0.2, 0.25) is 5.02 Å². The monoisotopic (exact) mass is 349 g/mol. The number of carbonyl (C=O) groups excluding carboxylic acids is 1. The number of halogens is 1. The minimum Gasteiger partial charge on any atom is -0.495 e. The van der Waals surface area contributed by atoms with Crippen LogP contribution >= 0.6 is 11.6 Å². The Balaban J connectivity index is 1.63. The molecule has 0 radical (unpaired) electrons. The van der Waals surface area contributed by atoms with E-state index in [1.165, 1.54) is 6.33 Å². The second-order valence-electron chi connectivity index (χ2n) is 5.81. The quantitative estimate of drug-likeness (QED) is 0.892. The molecular formula is C16H20ClN5O2. The van der Waals surface area contributed by atoms with Gasteiger partial charge in [0.05, 0.1) is 12.8 Å². The molecule has 24 heavy (non-hydrogen) atoms. The summed E-state index contributed by atoms with van der Waals surface area (Å²) in [6.07, 6.45) is 3.83. The number of nitrogens with zero attached hydrogens (tertiary/aromatic N) is 4. The Morgan fingerprint density at radius 1 is 1.50 bits per heavy atom. The zero-order chi connectivity index (χ0) is 17.1. The molecule has 1 saturated heterocycles. The maximum Gasteiger partial charge on any atom is 0.244 e. The summed E-state index contributed by atoms with van der Waals surface area (Å²) in [5, 5.41) is 7.75. The van der Waals surface area contributed by atoms with Crippen LogP contribution in [0.5, 0.6) is 5.75 Å². The number of hydrogen-bond donors (Lipinski definition) is 1. The van der Waals surface area contributed by atoms with Gasteiger partial charge in [-0.15, -0.1) is 0 Å². The summed E-state index contributed by atoms with van der Waals surface area (Å²) in [7, 11) is 1.64. The zero-order valence-corrected chi connectivity index (χ0v) is 14.4. The average Bonchev–Trinajstić information content (AvgIpc) is 3.26. The molecule has 0 saturated carbocycles. The maximum absolute atomic E-state index is 12.4. The molecule has 0 spiro atoms. The number of benzene rings is 1. The fourth-order valence-electron chi connectivity index (χ4n) is 2.87. The van der Waals surface area contributed by atoms with Crippen LogP contribution < -0.4 is 15.0 Å². The molecule has 7 nitrogen and oxygen atoms in total. The number of amides is 1. The Bertz CT molecular complexity index is 706. The van der Waals surface area contributed by atoms with Crippen molar-refractivity contribution < 1.29 is 9.53 Å². The van der Waals surface area contributed by atoms with E-state index in [0.717, 1.165) is 24.4 Å². The van der Waals surface area contributed by atoms with Crippen LogP contribution in [0.4, 0.5) is 5.69 Å². The highest BCUT2D eigenvalue weighted by atomic mass is 35.5. The molecule has 0 bridgehead atoms. The first-order valence-electron chi connectivity index (χ1n) is 7.81. The van der Waals surface area contributed by atoms with Gasteiger partial charge in [-0.2, -0.15) is 5.10 Å². The van der Waals surface area contributed by atoms with Crippen molar-refractivity contribution in [2.24, 2.45) is 0 Å². The van der Waals surface area contributed by atoms with Crippen molar-refractivity contribution in [3.05, 3.63) is 35.9 Å². The average molecular weight is 350 g/mol. The van der Waals surface area contributed by atoms with Gasteiger partial charge in [0.25, 0.3) is 0 Å². The molecule has 0 unspecified atom stereocenters. The van der Waals surface area contributed by atoms with Gasteiger partial charge in [-0.25, -0.2) is 9.67 Å². The first-order chi connectivity index (χ1) is 11.6. The van der Waals surface area contributed by atoms with Crippen LogP contribution in [0.1, 0.15) is 19.4 Å². The predicted octanol–water partition coefficient (Wildman–Crippen LogP) is 1.90. The molecule has 2 heterocycles. The van der Waals surface area contributed by atoms with Crippen LogP contribution in [0.3, 0.4) is 0 Å². The summed E-state index contributed by atoms with van der Waals surface area (Å²) in [5.41, 5.74) is 0.950. The fraction of sp³-hybridized carbons (Fsp3) is 0.438. The Hall–Kier alpha value is -2.28. The third kappa shape index (κ3) is 3.46. The second kappa shape index (κ2) is 7.09. The molecule has 128 valence electrons. The van der Waals surface area contributed by atoms with Crippen molar-refractivity contribution in [1.29, 1.82) is 0 Å². The van der Waals surface area contributed by atoms with E-state index in [1.807, 2.05) is 12.1 Å². The van der Waals surface area contributed by atoms with Gasteiger partial charge in [-0.05, 0) is 31.5 Å². The Labute approximate surface area is 145 Å². The van der Waals surface area contributed by atoms with Crippen LogP contribution in [0, 0.1) is 0 Å². The standard InChI is InChI=1S/C16H20ClN5O2/c1-11(22-10-18-9-19-22)16(23)20-13-5-6-21(8-13)14-7-12(17)3-4-15(14)24-2/h3-4,7,9-11,13H,5-6,8H2,1-2H3,(H,20,23)/t11-,13+/m0/s1. The lowest BCUT2D eigenvalue weighted by atomic mass is 10.2. The SMILES string of the molecule is COc1ccc(Cl)cc1N1CC[C@@H](NC(=O)[C@H](C)n2cncn2)C1. The molecule has 8 heteroatoms. The third-order valence-electron chi connectivity index (χ3n) is 4.23. The van der Waals surface area contributed by atoms with Crippen LogP contribution in [0.25, 0.3) is 0 Å². The topological polar surface area (TPSA) is 72.3 Å². The highest BCUT2D eigenvalue weighted by Gasteiger charge is 2.27. The van der Waals surface area contributed by atoms with Crippen LogP contribution in [0.15, 0.2) is 30.9 Å². The number of ether oxygens (including phenoxy) is 1. The van der Waals surface area contributed by atoms with Crippen molar-refractivity contribution in [2.45, 2.75) is 25.4 Å². The Morgan fingerprint density at radius 2 is 2.33 bits per heavy atom. The van der Waals surface area contributed by atoms with E-state index in [9.17, 15) is 4.79 Å². The van der Waals surface area contributed by atoms with E-state index >= 15 is 0 Å². The number of anilines is 1. The van der Waals surface area contributed by atoms with Gasteiger partial charge >= 0.3 is 0 Å². The number of rotatable bonds is 5. The van der Waals surface area contributed by atoms with Gasteiger partial charge < -0.3 is 15.0 Å². The summed E-state index contributed by atoms with van der Waals surface area (Å²) < 4.78 is 6.95. The van der Waals surface area contributed by atoms with Gasteiger partial charge in [0, 0.05) is 24.2 Å². The maximum atomic E-state index is 12.4. The normalized spacial score (nSPS) is 18.5. The molecule has 1 aromatic carbocycles. The van der Waals surface area contributed by atoms with E-state index < -0.39 is 0 Å². The van der Waals surface area contributed by atoms with Gasteiger partial charge in [-0.1, -0.05) is 11.6 Å². The predicted molar refractivity (Wildman–Crippen MR) is 91.5 cm³/mol. The summed E-state index contributed by atoms with van der Waals surface area (Å²) >= 11 is 6.10.